The molecular weight excluding hydrogens is 923 g/mol. The first-order chi connectivity index (χ1) is 35.0. The molecule has 14 nitrogen and oxygen atoms in total. The van der Waals surface area contributed by atoms with Crippen LogP contribution in [0.2, 0.25) is 0 Å². The summed E-state index contributed by atoms with van der Waals surface area (Å²) < 4.78 is 24.6. The number of methoxy groups -OCH3 is 2. The molecule has 0 saturated heterocycles. The zero-order valence-corrected chi connectivity index (χ0v) is 43.0. The minimum Gasteiger partial charge on any atom is -0.493 e. The van der Waals surface area contributed by atoms with Gasteiger partial charge in [-0.2, -0.15) is 0 Å². The van der Waals surface area contributed by atoms with Gasteiger partial charge in [0.05, 0.1) is 37.6 Å². The van der Waals surface area contributed by atoms with Crippen molar-refractivity contribution >= 4 is 58.4 Å². The van der Waals surface area contributed by atoms with Crippen molar-refractivity contribution in [2.24, 2.45) is 22.2 Å². The summed E-state index contributed by atoms with van der Waals surface area (Å²) in [5.41, 5.74) is 8.15. The van der Waals surface area contributed by atoms with Crippen molar-refractivity contribution in [1.82, 2.24) is 5.32 Å². The molecule has 4 amide bonds. The van der Waals surface area contributed by atoms with Gasteiger partial charge in [0, 0.05) is 66.1 Å². The van der Waals surface area contributed by atoms with Gasteiger partial charge in [-0.25, -0.2) is 0 Å². The molecule has 4 heterocycles. The third-order valence-electron chi connectivity index (χ3n) is 14.3. The van der Waals surface area contributed by atoms with Crippen molar-refractivity contribution in [3.8, 4) is 23.0 Å². The monoisotopic (exact) mass is 987 g/mol. The number of benzene rings is 5. The van der Waals surface area contributed by atoms with Gasteiger partial charge in [0.2, 0.25) is 11.8 Å². The van der Waals surface area contributed by atoms with Gasteiger partial charge in [-0.3, -0.25) is 33.9 Å². The van der Waals surface area contributed by atoms with E-state index in [1.165, 1.54) is 12.7 Å². The summed E-state index contributed by atoms with van der Waals surface area (Å²) in [5, 5.41) is 5.96. The quantitative estimate of drug-likeness (QED) is 0.0923. The van der Waals surface area contributed by atoms with Crippen molar-refractivity contribution in [3.05, 3.63) is 130 Å². The van der Waals surface area contributed by atoms with Gasteiger partial charge in [-0.15, -0.1) is 0 Å². The molecule has 4 aliphatic rings. The topological polar surface area (TPSA) is 165 Å². The Kier molecular flexibility index (Phi) is 14.5. The number of fused-ring (bicyclic) bond motifs is 8. The number of hydrogen-bond donors (Lipinski definition) is 2. The molecule has 0 aromatic heterocycles. The lowest BCUT2D eigenvalue weighted by molar-refractivity contribution is -0.131. The van der Waals surface area contributed by atoms with E-state index < -0.39 is 12.0 Å². The zero-order valence-electron chi connectivity index (χ0n) is 43.0. The molecule has 380 valence electrons. The van der Waals surface area contributed by atoms with Gasteiger partial charge < -0.3 is 34.5 Å². The van der Waals surface area contributed by atoms with Gasteiger partial charge in [0.25, 0.3) is 11.8 Å². The highest BCUT2D eigenvalue weighted by Crippen LogP contribution is 2.43. The van der Waals surface area contributed by atoms with E-state index >= 15 is 0 Å². The van der Waals surface area contributed by atoms with E-state index in [9.17, 15) is 24.0 Å². The van der Waals surface area contributed by atoms with Gasteiger partial charge in [-0.05, 0) is 113 Å². The van der Waals surface area contributed by atoms with E-state index in [4.69, 9.17) is 23.9 Å². The number of aryl methyl sites for hydroxylation is 1. The Bertz CT molecular complexity index is 3010. The Morgan fingerprint density at radius 2 is 1.33 bits per heavy atom. The predicted octanol–water partition coefficient (Wildman–Crippen LogP) is 10.2. The number of carbonyl (C=O) groups is 5. The summed E-state index contributed by atoms with van der Waals surface area (Å²) in [6.07, 6.45) is 5.65. The van der Waals surface area contributed by atoms with E-state index in [0.29, 0.717) is 82.3 Å². The SMILES string of the molecule is COc1cc2c(cc1OCc1cc(COc3cc4c(cc3OC)C(=O)N3c5ccccc5C[C@H]3C=N4)cc(NC(=O)[C@H](C)CC(=O)[C@@H](NC(=O)CCC(C)(C)C)C(C)C)c1)CC[C@@H]1Cc3ccccc3N1C2=O. The molecule has 0 bridgehead atoms. The lowest BCUT2D eigenvalue weighted by Crippen LogP contribution is -2.45. The standard InChI is InChI=1S/C59H65N5O9/c1-34(2)55(62-54(66)19-20-59(4,5)6)49(65)21-35(3)56(67)61-41-23-36(32-72-52-27-38-17-18-42-25-39-13-9-11-15-47(39)63(42)57(68)44(38)28-50(52)70-7)22-37(24-41)33-73-53-30-46-45(29-51(53)71-8)58(69)64-43(31-60-46)26-40-14-10-12-16-48(40)64/h9-16,22-24,27-31,34-35,42-43,55H,17-21,25-26,32-33H2,1-8H3,(H,61,67)(H,62,66)/t35-,42-,43+,55+/m1/s1. The van der Waals surface area contributed by atoms with Crippen LogP contribution in [0.15, 0.2) is 96.0 Å². The van der Waals surface area contributed by atoms with Crippen molar-refractivity contribution in [1.29, 1.82) is 0 Å². The average Bonchev–Trinajstić information content (AvgIpc) is 3.86. The maximum absolute atomic E-state index is 14.2. The number of amides is 4. The maximum Gasteiger partial charge on any atom is 0.261 e. The average molecular weight is 988 g/mol. The van der Waals surface area contributed by atoms with E-state index in [-0.39, 0.29) is 72.5 Å². The molecule has 0 unspecified atom stereocenters. The molecule has 5 aromatic carbocycles. The van der Waals surface area contributed by atoms with Crippen LogP contribution in [0.25, 0.3) is 0 Å². The molecule has 9 rings (SSSR count). The van der Waals surface area contributed by atoms with E-state index in [1.54, 1.807) is 55.5 Å². The number of ketones is 1. The van der Waals surface area contributed by atoms with Crippen LogP contribution in [0.1, 0.15) is 116 Å². The number of rotatable bonds is 17. The molecule has 5 aromatic rings. The first-order valence-electron chi connectivity index (χ1n) is 25.3. The van der Waals surface area contributed by atoms with Crippen LogP contribution in [0.4, 0.5) is 22.7 Å². The normalized spacial score (nSPS) is 17.2. The smallest absolute Gasteiger partial charge is 0.261 e. The zero-order chi connectivity index (χ0) is 51.7. The highest BCUT2D eigenvalue weighted by molar-refractivity contribution is 6.15. The van der Waals surface area contributed by atoms with E-state index in [0.717, 1.165) is 35.3 Å². The van der Waals surface area contributed by atoms with Crippen molar-refractivity contribution in [2.75, 3.05) is 29.3 Å². The molecule has 0 saturated carbocycles. The maximum atomic E-state index is 14.2. The summed E-state index contributed by atoms with van der Waals surface area (Å²) >= 11 is 0. The van der Waals surface area contributed by atoms with Crippen LogP contribution in [-0.4, -0.2) is 68.0 Å². The minimum atomic E-state index is -0.730. The number of Topliss-reactive ketones (excluding diaryl/α,β-unsaturated/α-hetero) is 1. The highest BCUT2D eigenvalue weighted by Gasteiger charge is 2.39. The van der Waals surface area contributed by atoms with Crippen LogP contribution in [0, 0.1) is 17.3 Å². The molecular formula is C59H65N5O9. The lowest BCUT2D eigenvalue weighted by atomic mass is 9.89. The molecule has 0 aliphatic carbocycles. The lowest BCUT2D eigenvalue weighted by Gasteiger charge is -2.24. The Hall–Kier alpha value is -7.48. The van der Waals surface area contributed by atoms with Crippen molar-refractivity contribution in [3.63, 3.8) is 0 Å². The Labute approximate surface area is 427 Å². The summed E-state index contributed by atoms with van der Waals surface area (Å²) in [6, 6.07) is 27.6. The number of anilines is 3. The molecule has 14 heteroatoms. The second-order valence-corrected chi connectivity index (χ2v) is 21.3. The van der Waals surface area contributed by atoms with Crippen molar-refractivity contribution < 1.29 is 42.9 Å². The van der Waals surface area contributed by atoms with Crippen LogP contribution >= 0.6 is 0 Å². The fourth-order valence-corrected chi connectivity index (χ4v) is 10.4. The molecule has 4 aliphatic heterocycles. The van der Waals surface area contributed by atoms with Crippen LogP contribution in [0.3, 0.4) is 0 Å². The number of ether oxygens (including phenoxy) is 4. The molecule has 0 radical (unpaired) electrons. The summed E-state index contributed by atoms with van der Waals surface area (Å²) in [7, 11) is 3.07. The van der Waals surface area contributed by atoms with E-state index in [2.05, 4.69) is 37.5 Å². The second-order valence-electron chi connectivity index (χ2n) is 21.3. The molecule has 4 atom stereocenters. The number of nitrogens with one attached hydrogen (secondary N) is 2. The van der Waals surface area contributed by atoms with Gasteiger partial charge in [-0.1, -0.05) is 77.9 Å². The first-order valence-corrected chi connectivity index (χ1v) is 25.3. The van der Waals surface area contributed by atoms with E-state index in [1.807, 2.05) is 73.3 Å². The Morgan fingerprint density at radius 3 is 1.97 bits per heavy atom. The molecule has 0 fully saturated rings. The highest BCUT2D eigenvalue weighted by atomic mass is 16.5. The third kappa shape index (κ3) is 10.8. The number of para-hydroxylation sites is 2. The summed E-state index contributed by atoms with van der Waals surface area (Å²) in [6.45, 7) is 11.7. The fourth-order valence-electron chi connectivity index (χ4n) is 10.4. The van der Waals surface area contributed by atoms with Crippen molar-refractivity contribution in [2.45, 2.75) is 118 Å². The number of aliphatic imine (C=N–C) groups is 1. The number of carbonyl (C=O) groups excluding carboxylic acids is 5. The van der Waals surface area contributed by atoms with Gasteiger partial charge >= 0.3 is 0 Å². The number of hydrogen-bond acceptors (Lipinski definition) is 10. The summed E-state index contributed by atoms with van der Waals surface area (Å²) in [5.74, 6) is -0.327. The minimum absolute atomic E-state index is 0.0235. The Balaban J connectivity index is 0.959. The Morgan fingerprint density at radius 1 is 0.726 bits per heavy atom. The largest absolute Gasteiger partial charge is 0.493 e. The first kappa shape index (κ1) is 50.5. The molecule has 0 spiro atoms. The second kappa shape index (κ2) is 20.9. The fraction of sp³-hybridized carbons (Fsp3) is 0.390. The number of nitrogens with zero attached hydrogens (tertiary/aromatic N) is 3. The third-order valence-corrected chi connectivity index (χ3v) is 14.3. The van der Waals surface area contributed by atoms with Gasteiger partial charge in [0.1, 0.15) is 13.2 Å². The van der Waals surface area contributed by atoms with Crippen LogP contribution < -0.4 is 39.4 Å². The van der Waals surface area contributed by atoms with Gasteiger partial charge in [0.15, 0.2) is 28.8 Å². The molecule has 73 heavy (non-hydrogen) atoms. The van der Waals surface area contributed by atoms with Crippen LogP contribution in [-0.2, 0) is 46.9 Å². The van der Waals surface area contributed by atoms with Crippen LogP contribution in [0.5, 0.6) is 23.0 Å². The summed E-state index contributed by atoms with van der Waals surface area (Å²) in [4.78, 5) is 77.3. The molecule has 2 N–H and O–H groups in total. The predicted molar refractivity (Wildman–Crippen MR) is 282 cm³/mol.